The first-order chi connectivity index (χ1) is 5.61. The highest BCUT2D eigenvalue weighted by Gasteiger charge is 2.28. The van der Waals surface area contributed by atoms with Gasteiger partial charge in [0.05, 0.1) is 18.4 Å². The van der Waals surface area contributed by atoms with Gasteiger partial charge in [-0.25, -0.2) is 0 Å². The Morgan fingerprint density at radius 1 is 1.67 bits per heavy atom. The molecule has 2 unspecified atom stereocenters. The lowest BCUT2D eigenvalue weighted by Crippen LogP contribution is -2.33. The highest BCUT2D eigenvalue weighted by molar-refractivity contribution is 5.81. The second-order valence-corrected chi connectivity index (χ2v) is 2.92. The average Bonchev–Trinajstić information content (AvgIpc) is 2.10. The van der Waals surface area contributed by atoms with Gasteiger partial charge in [0.25, 0.3) is 0 Å². The molecule has 0 aromatic carbocycles. The molecule has 5 heteroatoms. The van der Waals surface area contributed by atoms with E-state index in [-0.39, 0.29) is 12.3 Å². The molecule has 0 aromatic rings. The Morgan fingerprint density at radius 3 is 2.92 bits per heavy atom. The molecule has 0 aromatic heterocycles. The summed E-state index contributed by atoms with van der Waals surface area (Å²) in [5, 5.41) is 11.9. The van der Waals surface area contributed by atoms with E-state index < -0.39 is 17.9 Å². The maximum Gasteiger partial charge on any atom is 0.223 e. The van der Waals surface area contributed by atoms with E-state index in [1.54, 1.807) is 0 Å². The van der Waals surface area contributed by atoms with Crippen LogP contribution in [0.1, 0.15) is 12.8 Å². The first kappa shape index (κ1) is 8.99. The Balaban J connectivity index is 2.63. The molecule has 1 fully saturated rings. The van der Waals surface area contributed by atoms with E-state index >= 15 is 0 Å². The van der Waals surface area contributed by atoms with Crippen LogP contribution in [0.3, 0.4) is 0 Å². The van der Waals surface area contributed by atoms with Crippen molar-refractivity contribution in [1.29, 1.82) is 0 Å². The smallest absolute Gasteiger partial charge is 0.223 e. The zero-order valence-electron chi connectivity index (χ0n) is 6.62. The van der Waals surface area contributed by atoms with E-state index in [2.05, 4.69) is 5.32 Å². The lowest BCUT2D eigenvalue weighted by atomic mass is 9.97. The number of aliphatic hydroxyl groups is 1. The van der Waals surface area contributed by atoms with Gasteiger partial charge in [0.2, 0.25) is 11.8 Å². The molecular weight excluding hydrogens is 160 g/mol. The van der Waals surface area contributed by atoms with Gasteiger partial charge < -0.3 is 16.2 Å². The quantitative estimate of drug-likeness (QED) is 0.443. The molecule has 1 aliphatic rings. The van der Waals surface area contributed by atoms with Crippen molar-refractivity contribution in [2.45, 2.75) is 18.9 Å². The molecule has 2 amide bonds. The standard InChI is InChI=1S/C7H12N2O3/c8-7(12)4-1-2-9-6(11)3-5(4)10/h4-5,10H,1-3H2,(H2,8,12)(H,9,11). The number of aliphatic hydroxyl groups excluding tert-OH is 1. The minimum absolute atomic E-state index is 0.0341. The molecule has 1 rings (SSSR count). The summed E-state index contributed by atoms with van der Waals surface area (Å²) < 4.78 is 0. The zero-order valence-corrected chi connectivity index (χ0v) is 6.62. The Bertz CT molecular complexity index is 205. The van der Waals surface area contributed by atoms with Gasteiger partial charge in [0.1, 0.15) is 0 Å². The van der Waals surface area contributed by atoms with Crippen LogP contribution in [0.15, 0.2) is 0 Å². The van der Waals surface area contributed by atoms with Gasteiger partial charge >= 0.3 is 0 Å². The monoisotopic (exact) mass is 172 g/mol. The van der Waals surface area contributed by atoms with Crippen molar-refractivity contribution in [2.75, 3.05) is 6.54 Å². The number of amides is 2. The van der Waals surface area contributed by atoms with Crippen molar-refractivity contribution in [3.8, 4) is 0 Å². The zero-order chi connectivity index (χ0) is 9.14. The van der Waals surface area contributed by atoms with E-state index in [4.69, 9.17) is 5.73 Å². The summed E-state index contributed by atoms with van der Waals surface area (Å²) in [5.41, 5.74) is 5.03. The van der Waals surface area contributed by atoms with Crippen molar-refractivity contribution in [2.24, 2.45) is 11.7 Å². The number of hydrogen-bond donors (Lipinski definition) is 3. The van der Waals surface area contributed by atoms with Crippen LogP contribution >= 0.6 is 0 Å². The van der Waals surface area contributed by atoms with Gasteiger partial charge in [-0.05, 0) is 6.42 Å². The van der Waals surface area contributed by atoms with E-state index in [0.29, 0.717) is 13.0 Å². The van der Waals surface area contributed by atoms with E-state index in [1.807, 2.05) is 0 Å². The summed E-state index contributed by atoms with van der Waals surface area (Å²) in [6, 6.07) is 0. The van der Waals surface area contributed by atoms with Crippen molar-refractivity contribution >= 4 is 11.8 Å². The van der Waals surface area contributed by atoms with Crippen LogP contribution in [0.5, 0.6) is 0 Å². The fourth-order valence-corrected chi connectivity index (χ4v) is 1.30. The number of rotatable bonds is 1. The van der Waals surface area contributed by atoms with E-state index in [0.717, 1.165) is 0 Å². The summed E-state index contributed by atoms with van der Waals surface area (Å²) in [5.74, 6) is -1.37. The van der Waals surface area contributed by atoms with Crippen LogP contribution in [0, 0.1) is 5.92 Å². The molecule has 1 saturated heterocycles. The molecule has 2 atom stereocenters. The molecule has 1 aliphatic heterocycles. The minimum atomic E-state index is -0.926. The average molecular weight is 172 g/mol. The van der Waals surface area contributed by atoms with Gasteiger partial charge in [-0.3, -0.25) is 9.59 Å². The third-order valence-electron chi connectivity index (χ3n) is 2.00. The molecule has 0 saturated carbocycles. The fraction of sp³-hybridized carbons (Fsp3) is 0.714. The minimum Gasteiger partial charge on any atom is -0.392 e. The van der Waals surface area contributed by atoms with Gasteiger partial charge in [-0.2, -0.15) is 0 Å². The van der Waals surface area contributed by atoms with Crippen LogP contribution in [0.25, 0.3) is 0 Å². The SMILES string of the molecule is NC(=O)C1CCNC(=O)CC1O. The molecule has 4 N–H and O–H groups in total. The van der Waals surface area contributed by atoms with Crippen LogP contribution in [0.2, 0.25) is 0 Å². The third-order valence-corrected chi connectivity index (χ3v) is 2.00. The third kappa shape index (κ3) is 1.94. The lowest BCUT2D eigenvalue weighted by molar-refractivity contribution is -0.126. The summed E-state index contributed by atoms with van der Waals surface area (Å²) >= 11 is 0. The molecule has 5 nitrogen and oxygen atoms in total. The Kier molecular flexibility index (Phi) is 2.65. The fourth-order valence-electron chi connectivity index (χ4n) is 1.30. The second-order valence-electron chi connectivity index (χ2n) is 2.92. The highest BCUT2D eigenvalue weighted by Crippen LogP contribution is 2.13. The molecule has 0 aliphatic carbocycles. The summed E-state index contributed by atoms with van der Waals surface area (Å²) in [6.07, 6.45) is -0.541. The number of primary amides is 1. The number of carbonyl (C=O) groups excluding carboxylic acids is 2. The molecule has 12 heavy (non-hydrogen) atoms. The predicted octanol–water partition coefficient (Wildman–Crippen LogP) is -1.64. The summed E-state index contributed by atoms with van der Waals surface area (Å²) in [7, 11) is 0. The molecule has 1 heterocycles. The summed E-state index contributed by atoms with van der Waals surface area (Å²) in [6.45, 7) is 0.406. The molecule has 68 valence electrons. The number of carbonyl (C=O) groups is 2. The van der Waals surface area contributed by atoms with Crippen molar-refractivity contribution in [3.63, 3.8) is 0 Å². The molecular formula is C7H12N2O3. The predicted molar refractivity (Wildman–Crippen MR) is 40.9 cm³/mol. The van der Waals surface area contributed by atoms with Gasteiger partial charge in [-0.1, -0.05) is 0 Å². The van der Waals surface area contributed by atoms with Gasteiger partial charge in [-0.15, -0.1) is 0 Å². The van der Waals surface area contributed by atoms with Gasteiger partial charge in [0, 0.05) is 6.54 Å². The van der Waals surface area contributed by atoms with Crippen LogP contribution in [-0.2, 0) is 9.59 Å². The number of nitrogens with one attached hydrogen (secondary N) is 1. The highest BCUT2D eigenvalue weighted by atomic mass is 16.3. The molecule has 0 bridgehead atoms. The first-order valence-electron chi connectivity index (χ1n) is 3.85. The van der Waals surface area contributed by atoms with Crippen LogP contribution < -0.4 is 11.1 Å². The van der Waals surface area contributed by atoms with Crippen molar-refractivity contribution < 1.29 is 14.7 Å². The maximum absolute atomic E-state index is 10.8. The maximum atomic E-state index is 10.8. The van der Waals surface area contributed by atoms with E-state index in [9.17, 15) is 14.7 Å². The van der Waals surface area contributed by atoms with Crippen molar-refractivity contribution in [3.05, 3.63) is 0 Å². The van der Waals surface area contributed by atoms with Crippen LogP contribution in [0.4, 0.5) is 0 Å². The van der Waals surface area contributed by atoms with E-state index in [1.165, 1.54) is 0 Å². The number of hydrogen-bond acceptors (Lipinski definition) is 3. The van der Waals surface area contributed by atoms with Crippen molar-refractivity contribution in [1.82, 2.24) is 5.32 Å². The first-order valence-corrected chi connectivity index (χ1v) is 3.85. The molecule has 0 radical (unpaired) electrons. The largest absolute Gasteiger partial charge is 0.392 e. The van der Waals surface area contributed by atoms with Crippen LogP contribution in [-0.4, -0.2) is 29.6 Å². The summed E-state index contributed by atoms with van der Waals surface area (Å²) in [4.78, 5) is 21.6. The normalized spacial score (nSPS) is 30.6. The molecule has 0 spiro atoms. The van der Waals surface area contributed by atoms with Gasteiger partial charge in [0.15, 0.2) is 0 Å². The lowest BCUT2D eigenvalue weighted by Gasteiger charge is -2.14. The Morgan fingerprint density at radius 2 is 2.33 bits per heavy atom. The Hall–Kier alpha value is -1.10. The topological polar surface area (TPSA) is 92.4 Å². The number of nitrogens with two attached hydrogens (primary N) is 1. The second kappa shape index (κ2) is 3.53. The Labute approximate surface area is 69.9 Å².